The number of amides is 1. The number of aromatic amines is 1. The molecule has 12 nitrogen and oxygen atoms in total. The summed E-state index contributed by atoms with van der Waals surface area (Å²) < 4.78 is 63.8. The van der Waals surface area contributed by atoms with E-state index in [1.165, 1.54) is 27.8 Å². The largest absolute Gasteiger partial charge is 0.399 e. The van der Waals surface area contributed by atoms with E-state index in [2.05, 4.69) is 5.32 Å². The number of aliphatic hydroxyl groups excluding tert-OH is 1. The highest BCUT2D eigenvalue weighted by Crippen LogP contribution is 2.64. The Morgan fingerprint density at radius 1 is 1.33 bits per heavy atom. The monoisotopic (exact) mass is 499 g/mol. The van der Waals surface area contributed by atoms with Crippen molar-refractivity contribution in [1.82, 2.24) is 14.9 Å². The second-order valence-electron chi connectivity index (χ2n) is 7.19. The molecule has 2 rings (SSSR count). The smallest absolute Gasteiger partial charge is 0.388 e. The minimum absolute atomic E-state index is 0.101. The van der Waals surface area contributed by atoms with Gasteiger partial charge in [-0.2, -0.15) is 8.78 Å². The number of alkyl halides is 2. The van der Waals surface area contributed by atoms with Gasteiger partial charge in [-0.1, -0.05) is 0 Å². The minimum Gasteiger partial charge on any atom is -0.388 e. The fraction of sp³-hybridized carbons (Fsp3) is 0.722. The van der Waals surface area contributed by atoms with Crippen molar-refractivity contribution in [2.24, 2.45) is 0 Å². The van der Waals surface area contributed by atoms with Crippen LogP contribution in [0.4, 0.5) is 8.78 Å². The maximum absolute atomic E-state index is 15.0. The molecule has 1 aliphatic rings. The van der Waals surface area contributed by atoms with Gasteiger partial charge in [0.1, 0.15) is 18.8 Å². The van der Waals surface area contributed by atoms with Crippen LogP contribution >= 0.6 is 7.60 Å². The van der Waals surface area contributed by atoms with E-state index in [1.807, 2.05) is 4.98 Å². The van der Waals surface area contributed by atoms with E-state index in [9.17, 15) is 32.8 Å². The quantitative estimate of drug-likeness (QED) is 0.368. The van der Waals surface area contributed by atoms with Crippen molar-refractivity contribution in [2.45, 2.75) is 57.4 Å². The lowest BCUT2D eigenvalue weighted by Crippen LogP contribution is -2.41. The van der Waals surface area contributed by atoms with Crippen LogP contribution in [0.2, 0.25) is 0 Å². The van der Waals surface area contributed by atoms with Gasteiger partial charge in [0.15, 0.2) is 6.23 Å². The summed E-state index contributed by atoms with van der Waals surface area (Å²) in [6, 6.07) is 0. The van der Waals surface area contributed by atoms with E-state index < -0.39 is 68.0 Å². The molecule has 0 saturated carbocycles. The topological polar surface area (TPSA) is 158 Å². The highest BCUT2D eigenvalue weighted by Gasteiger charge is 2.58. The van der Waals surface area contributed by atoms with Crippen LogP contribution in [-0.2, 0) is 27.9 Å². The van der Waals surface area contributed by atoms with Crippen LogP contribution in [0.15, 0.2) is 15.8 Å². The van der Waals surface area contributed by atoms with Crippen LogP contribution in [0.1, 0.15) is 32.1 Å². The van der Waals surface area contributed by atoms with Crippen LogP contribution in [0.3, 0.4) is 0 Å². The number of rotatable bonds is 11. The van der Waals surface area contributed by atoms with Crippen LogP contribution in [0, 0.1) is 6.92 Å². The number of aliphatic hydroxyl groups is 1. The zero-order valence-electron chi connectivity index (χ0n) is 18.6. The highest BCUT2D eigenvalue weighted by molar-refractivity contribution is 7.55. The fourth-order valence-electron chi connectivity index (χ4n) is 3.23. The van der Waals surface area contributed by atoms with Crippen molar-refractivity contribution < 1.29 is 41.8 Å². The molecular weight excluding hydrogens is 471 g/mol. The predicted molar refractivity (Wildman–Crippen MR) is 110 cm³/mol. The molecule has 0 spiro atoms. The van der Waals surface area contributed by atoms with E-state index in [-0.39, 0.29) is 18.8 Å². The van der Waals surface area contributed by atoms with Gasteiger partial charge in [0.25, 0.3) is 5.56 Å². The molecule has 0 aromatic carbocycles. The average molecular weight is 499 g/mol. The Kier molecular flexibility index (Phi) is 9.08. The molecule has 1 aromatic rings. The zero-order chi connectivity index (χ0) is 25.0. The van der Waals surface area contributed by atoms with Crippen molar-refractivity contribution in [3.8, 4) is 0 Å². The SMILES string of the molecule is CCOP(=O)(OCC)C(F)(F)C[C@H]1OC(n2cc(C)c(=O)[nH]c2=O)[C@H](OCC(=O)NC)[C@@H]1O. The molecule has 0 radical (unpaired) electrons. The Balaban J connectivity index is 2.40. The van der Waals surface area contributed by atoms with E-state index in [1.54, 1.807) is 0 Å². The van der Waals surface area contributed by atoms with Gasteiger partial charge in [-0.15, -0.1) is 0 Å². The number of carbonyl (C=O) groups is 1. The Morgan fingerprint density at radius 3 is 2.48 bits per heavy atom. The normalized spacial score (nSPS) is 23.6. The van der Waals surface area contributed by atoms with Crippen LogP contribution in [0.5, 0.6) is 0 Å². The molecule has 3 N–H and O–H groups in total. The molecule has 15 heteroatoms. The molecule has 1 fully saturated rings. The number of likely N-dealkylation sites (N-methyl/N-ethyl adjacent to an activating group) is 1. The maximum Gasteiger partial charge on any atom is 0.399 e. The number of nitrogens with one attached hydrogen (secondary N) is 2. The Morgan fingerprint density at radius 2 is 1.94 bits per heavy atom. The van der Waals surface area contributed by atoms with Gasteiger partial charge in [-0.05, 0) is 20.8 Å². The summed E-state index contributed by atoms with van der Waals surface area (Å²) in [5.74, 6) is -0.586. The Bertz CT molecular complexity index is 989. The van der Waals surface area contributed by atoms with Crippen molar-refractivity contribution >= 4 is 13.5 Å². The maximum atomic E-state index is 15.0. The average Bonchev–Trinajstić information content (AvgIpc) is 3.03. The third-order valence-electron chi connectivity index (χ3n) is 4.86. The molecular formula is C18H28F2N3O9P. The van der Waals surface area contributed by atoms with Crippen LogP contribution in [-0.4, -0.2) is 71.4 Å². The molecule has 33 heavy (non-hydrogen) atoms. The second kappa shape index (κ2) is 11.0. The number of H-pyrrole nitrogens is 1. The molecule has 1 saturated heterocycles. The highest BCUT2D eigenvalue weighted by atomic mass is 31.2. The first-order valence-electron chi connectivity index (χ1n) is 10.2. The van der Waals surface area contributed by atoms with E-state index in [0.29, 0.717) is 0 Å². The second-order valence-corrected chi connectivity index (χ2v) is 9.35. The van der Waals surface area contributed by atoms with E-state index in [0.717, 1.165) is 10.8 Å². The number of hydrogen-bond acceptors (Lipinski definition) is 9. The summed E-state index contributed by atoms with van der Waals surface area (Å²) >= 11 is 0. The standard InChI is InChI=1S/C18H28F2N3O9P/c1-5-30-33(28,31-6-2)18(19,20)7-11-13(25)14(29-9-12(24)21-4)16(32-11)23-8-10(3)15(26)22-17(23)27/h8,11,13-14,16,25H,5-7,9H2,1-4H3,(H,21,24)(H,22,26,27)/t11-,13-,14-,16?/m1/s1. The van der Waals surface area contributed by atoms with Crippen LogP contribution in [0.25, 0.3) is 0 Å². The van der Waals surface area contributed by atoms with Gasteiger partial charge in [0, 0.05) is 18.8 Å². The number of halogens is 2. The van der Waals surface area contributed by atoms with Crippen molar-refractivity contribution in [3.05, 3.63) is 32.6 Å². The molecule has 2 heterocycles. The van der Waals surface area contributed by atoms with E-state index >= 15 is 0 Å². The van der Waals surface area contributed by atoms with Gasteiger partial charge >= 0.3 is 18.9 Å². The van der Waals surface area contributed by atoms with Gasteiger partial charge in [-0.25, -0.2) is 4.79 Å². The molecule has 188 valence electrons. The molecule has 4 atom stereocenters. The third-order valence-corrected chi connectivity index (χ3v) is 7.04. The van der Waals surface area contributed by atoms with Crippen molar-refractivity contribution in [2.75, 3.05) is 26.9 Å². The first-order valence-corrected chi connectivity index (χ1v) is 11.7. The molecule has 1 aromatic heterocycles. The van der Waals surface area contributed by atoms with Gasteiger partial charge < -0.3 is 28.9 Å². The summed E-state index contributed by atoms with van der Waals surface area (Å²) in [4.78, 5) is 37.7. The van der Waals surface area contributed by atoms with Gasteiger partial charge in [0.2, 0.25) is 5.91 Å². The summed E-state index contributed by atoms with van der Waals surface area (Å²) in [6.45, 7) is 2.93. The lowest BCUT2D eigenvalue weighted by molar-refractivity contribution is -0.132. The zero-order valence-corrected chi connectivity index (χ0v) is 19.5. The van der Waals surface area contributed by atoms with Crippen molar-refractivity contribution in [1.29, 1.82) is 0 Å². The first kappa shape index (κ1) is 27.3. The fourth-order valence-corrected chi connectivity index (χ4v) is 4.77. The Hall–Kier alpha value is -1.96. The van der Waals surface area contributed by atoms with Crippen LogP contribution < -0.4 is 16.6 Å². The van der Waals surface area contributed by atoms with Crippen molar-refractivity contribution in [3.63, 3.8) is 0 Å². The summed E-state index contributed by atoms with van der Waals surface area (Å²) in [5.41, 5.74) is -5.58. The van der Waals surface area contributed by atoms with Gasteiger partial charge in [-0.3, -0.25) is 23.7 Å². The number of nitrogens with zero attached hydrogens (tertiary/aromatic N) is 1. The molecule has 1 unspecified atom stereocenters. The minimum atomic E-state index is -4.92. The Labute approximate surface area is 187 Å². The lowest BCUT2D eigenvalue weighted by atomic mass is 10.1. The summed E-state index contributed by atoms with van der Waals surface area (Å²) in [7, 11) is -3.58. The van der Waals surface area contributed by atoms with Gasteiger partial charge in [0.05, 0.1) is 25.7 Å². The molecule has 1 amide bonds. The third kappa shape index (κ3) is 5.94. The summed E-state index contributed by atoms with van der Waals surface area (Å²) in [5, 5.41) is 13.0. The molecule has 0 aliphatic carbocycles. The number of aromatic nitrogens is 2. The number of ether oxygens (including phenoxy) is 2. The molecule has 0 bridgehead atoms. The van der Waals surface area contributed by atoms with E-state index in [4.69, 9.17) is 18.5 Å². The first-order chi connectivity index (χ1) is 15.4. The lowest BCUT2D eigenvalue weighted by Gasteiger charge is -2.28. The number of hydrogen-bond donors (Lipinski definition) is 3. The number of carbonyl (C=O) groups excluding carboxylic acids is 1. The number of aryl methyl sites for hydroxylation is 1. The predicted octanol–water partition coefficient (Wildman–Crippen LogP) is 0.484. The summed E-state index contributed by atoms with van der Waals surface area (Å²) in [6.07, 6.45) is -6.56. The molecule has 1 aliphatic heterocycles.